The van der Waals surface area contributed by atoms with Crippen LogP contribution in [0.2, 0.25) is 0 Å². The van der Waals surface area contributed by atoms with Gasteiger partial charge in [-0.05, 0) is 42.1 Å². The van der Waals surface area contributed by atoms with Crippen LogP contribution in [0.4, 0.5) is 5.69 Å². The van der Waals surface area contributed by atoms with E-state index in [1.165, 1.54) is 11.3 Å². The number of thiophene rings is 1. The van der Waals surface area contributed by atoms with Gasteiger partial charge < -0.3 is 10.1 Å². The summed E-state index contributed by atoms with van der Waals surface area (Å²) in [5.41, 5.74) is 1.77. The molecule has 3 rings (SSSR count). The standard InChI is InChI=1S/C17H15NO2S/c1-11-7-8-14(20-2)13(9-11)18-17(19)16-10-12-5-3-4-6-15(12)21-16/h3-10H,1-2H3,(H,18,19). The molecule has 2 aromatic carbocycles. The van der Waals surface area contributed by atoms with E-state index in [9.17, 15) is 4.79 Å². The molecule has 1 heterocycles. The molecule has 4 heteroatoms. The van der Waals surface area contributed by atoms with Gasteiger partial charge >= 0.3 is 0 Å². The lowest BCUT2D eigenvalue weighted by Gasteiger charge is -2.10. The Morgan fingerprint density at radius 2 is 1.95 bits per heavy atom. The van der Waals surface area contributed by atoms with Gasteiger partial charge in [-0.15, -0.1) is 11.3 Å². The quantitative estimate of drug-likeness (QED) is 0.774. The van der Waals surface area contributed by atoms with Crippen LogP contribution in [0.3, 0.4) is 0 Å². The molecule has 0 radical (unpaired) electrons. The number of hydrogen-bond acceptors (Lipinski definition) is 3. The van der Waals surface area contributed by atoms with Gasteiger partial charge in [-0.3, -0.25) is 4.79 Å². The number of hydrogen-bond donors (Lipinski definition) is 1. The number of anilines is 1. The lowest BCUT2D eigenvalue weighted by atomic mass is 10.2. The van der Waals surface area contributed by atoms with Crippen LogP contribution in [0.15, 0.2) is 48.5 Å². The highest BCUT2D eigenvalue weighted by Gasteiger charge is 2.12. The second-order valence-electron chi connectivity index (χ2n) is 4.81. The molecular formula is C17H15NO2S. The Balaban J connectivity index is 1.91. The number of carbonyl (C=O) groups excluding carboxylic acids is 1. The van der Waals surface area contributed by atoms with Crippen molar-refractivity contribution >= 4 is 33.0 Å². The molecule has 0 saturated heterocycles. The van der Waals surface area contributed by atoms with Gasteiger partial charge in [0.1, 0.15) is 5.75 Å². The number of amides is 1. The number of benzene rings is 2. The van der Waals surface area contributed by atoms with E-state index in [0.717, 1.165) is 15.6 Å². The number of fused-ring (bicyclic) bond motifs is 1. The van der Waals surface area contributed by atoms with E-state index < -0.39 is 0 Å². The molecule has 106 valence electrons. The third kappa shape index (κ3) is 2.76. The SMILES string of the molecule is COc1ccc(C)cc1NC(=O)c1cc2ccccc2s1. The molecular weight excluding hydrogens is 282 g/mol. The first-order valence-electron chi connectivity index (χ1n) is 6.62. The van der Waals surface area contributed by atoms with Crippen LogP contribution in [0.25, 0.3) is 10.1 Å². The van der Waals surface area contributed by atoms with Crippen molar-refractivity contribution in [1.82, 2.24) is 0 Å². The summed E-state index contributed by atoms with van der Waals surface area (Å²) in [6.45, 7) is 1.98. The van der Waals surface area contributed by atoms with Crippen molar-refractivity contribution in [3.8, 4) is 5.75 Å². The number of rotatable bonds is 3. The van der Waals surface area contributed by atoms with Crippen LogP contribution in [-0.4, -0.2) is 13.0 Å². The topological polar surface area (TPSA) is 38.3 Å². The Kier molecular flexibility index (Phi) is 3.62. The number of ether oxygens (including phenoxy) is 1. The van der Waals surface area contributed by atoms with Crippen LogP contribution < -0.4 is 10.1 Å². The molecule has 3 nitrogen and oxygen atoms in total. The molecule has 0 fully saturated rings. The first kappa shape index (κ1) is 13.6. The number of aryl methyl sites for hydroxylation is 1. The average molecular weight is 297 g/mol. The largest absolute Gasteiger partial charge is 0.495 e. The molecule has 0 atom stereocenters. The van der Waals surface area contributed by atoms with Crippen molar-refractivity contribution < 1.29 is 9.53 Å². The zero-order chi connectivity index (χ0) is 14.8. The van der Waals surface area contributed by atoms with Gasteiger partial charge in [0.15, 0.2) is 0 Å². The summed E-state index contributed by atoms with van der Waals surface area (Å²) >= 11 is 1.49. The molecule has 0 spiro atoms. The lowest BCUT2D eigenvalue weighted by Crippen LogP contribution is -2.11. The molecule has 0 aliphatic heterocycles. The van der Waals surface area contributed by atoms with Crippen molar-refractivity contribution in [2.75, 3.05) is 12.4 Å². The summed E-state index contributed by atoms with van der Waals surface area (Å²) in [5, 5.41) is 4.01. The van der Waals surface area contributed by atoms with Gasteiger partial charge in [-0.1, -0.05) is 24.3 Å². The number of methoxy groups -OCH3 is 1. The lowest BCUT2D eigenvalue weighted by molar-refractivity contribution is 0.103. The first-order valence-corrected chi connectivity index (χ1v) is 7.43. The fourth-order valence-corrected chi connectivity index (χ4v) is 3.16. The summed E-state index contributed by atoms with van der Waals surface area (Å²) < 4.78 is 6.39. The van der Waals surface area contributed by atoms with Crippen LogP contribution in [0.5, 0.6) is 5.75 Å². The monoisotopic (exact) mass is 297 g/mol. The minimum absolute atomic E-state index is 0.111. The zero-order valence-corrected chi connectivity index (χ0v) is 12.7. The molecule has 0 bridgehead atoms. The van der Waals surface area contributed by atoms with Crippen molar-refractivity contribution in [2.45, 2.75) is 6.92 Å². The molecule has 0 saturated carbocycles. The van der Waals surface area contributed by atoms with Gasteiger partial charge in [-0.2, -0.15) is 0 Å². The Morgan fingerprint density at radius 3 is 2.71 bits per heavy atom. The molecule has 1 amide bonds. The average Bonchev–Trinajstić information content (AvgIpc) is 2.91. The molecule has 0 aliphatic carbocycles. The van der Waals surface area contributed by atoms with Crippen LogP contribution >= 0.6 is 11.3 Å². The van der Waals surface area contributed by atoms with E-state index in [0.29, 0.717) is 16.3 Å². The second-order valence-corrected chi connectivity index (χ2v) is 5.89. The smallest absolute Gasteiger partial charge is 0.265 e. The van der Waals surface area contributed by atoms with Gasteiger partial charge in [0, 0.05) is 4.70 Å². The molecule has 3 aromatic rings. The summed E-state index contributed by atoms with van der Waals surface area (Å²) in [4.78, 5) is 13.1. The van der Waals surface area contributed by atoms with E-state index in [-0.39, 0.29) is 5.91 Å². The number of nitrogens with one attached hydrogen (secondary N) is 1. The van der Waals surface area contributed by atoms with Gasteiger partial charge in [0.25, 0.3) is 5.91 Å². The minimum Gasteiger partial charge on any atom is -0.495 e. The maximum Gasteiger partial charge on any atom is 0.265 e. The molecule has 0 unspecified atom stereocenters. The van der Waals surface area contributed by atoms with E-state index in [1.54, 1.807) is 7.11 Å². The Morgan fingerprint density at radius 1 is 1.14 bits per heavy atom. The summed E-state index contributed by atoms with van der Waals surface area (Å²) in [6.07, 6.45) is 0. The van der Waals surface area contributed by atoms with Crippen molar-refractivity contribution in [2.24, 2.45) is 0 Å². The summed E-state index contributed by atoms with van der Waals surface area (Å²) in [6, 6.07) is 15.6. The Labute approximate surface area is 127 Å². The van der Waals surface area contributed by atoms with Crippen molar-refractivity contribution in [3.05, 3.63) is 59.0 Å². The highest BCUT2D eigenvalue weighted by Crippen LogP contribution is 2.29. The molecule has 1 N–H and O–H groups in total. The maximum atomic E-state index is 12.4. The molecule has 0 aliphatic rings. The van der Waals surface area contributed by atoms with Crippen LogP contribution in [0.1, 0.15) is 15.2 Å². The first-order chi connectivity index (χ1) is 10.2. The van der Waals surface area contributed by atoms with E-state index in [1.807, 2.05) is 55.5 Å². The fraction of sp³-hybridized carbons (Fsp3) is 0.118. The predicted molar refractivity (Wildman–Crippen MR) is 87.5 cm³/mol. The summed E-state index contributed by atoms with van der Waals surface area (Å²) in [5.74, 6) is 0.551. The van der Waals surface area contributed by atoms with Gasteiger partial charge in [0.05, 0.1) is 17.7 Å². The van der Waals surface area contributed by atoms with Gasteiger partial charge in [0.2, 0.25) is 0 Å². The van der Waals surface area contributed by atoms with Gasteiger partial charge in [-0.25, -0.2) is 0 Å². The van der Waals surface area contributed by atoms with Crippen LogP contribution in [0, 0.1) is 6.92 Å². The third-order valence-corrected chi connectivity index (χ3v) is 4.37. The second kappa shape index (κ2) is 5.58. The Hall–Kier alpha value is -2.33. The zero-order valence-electron chi connectivity index (χ0n) is 11.8. The highest BCUT2D eigenvalue weighted by molar-refractivity contribution is 7.20. The van der Waals surface area contributed by atoms with E-state index in [4.69, 9.17) is 4.74 Å². The van der Waals surface area contributed by atoms with E-state index in [2.05, 4.69) is 5.32 Å². The summed E-state index contributed by atoms with van der Waals surface area (Å²) in [7, 11) is 1.60. The minimum atomic E-state index is -0.111. The third-order valence-electron chi connectivity index (χ3n) is 3.25. The normalized spacial score (nSPS) is 10.6. The number of carbonyl (C=O) groups is 1. The molecule has 1 aromatic heterocycles. The Bertz CT molecular complexity index is 774. The highest BCUT2D eigenvalue weighted by atomic mass is 32.1. The van der Waals surface area contributed by atoms with E-state index >= 15 is 0 Å². The maximum absolute atomic E-state index is 12.4. The predicted octanol–water partition coefficient (Wildman–Crippen LogP) is 4.47. The van der Waals surface area contributed by atoms with Crippen LogP contribution in [-0.2, 0) is 0 Å². The van der Waals surface area contributed by atoms with Crippen molar-refractivity contribution in [1.29, 1.82) is 0 Å². The van der Waals surface area contributed by atoms with Crippen molar-refractivity contribution in [3.63, 3.8) is 0 Å². The molecule has 21 heavy (non-hydrogen) atoms. The fourth-order valence-electron chi connectivity index (χ4n) is 2.20.